The molecule has 2 rings (SSSR count). The molecule has 0 fully saturated rings. The number of nitrogens with one attached hydrogen (secondary N) is 1. The summed E-state index contributed by atoms with van der Waals surface area (Å²) >= 11 is 0. The Hall–Kier alpha value is -1.64. The molecule has 1 N–H and O–H groups in total. The highest BCUT2D eigenvalue weighted by Crippen LogP contribution is 2.22. The fraction of sp³-hybridized carbons (Fsp3) is 0.333. The lowest BCUT2D eigenvalue weighted by molar-refractivity contribution is 0.202. The lowest BCUT2D eigenvalue weighted by Gasteiger charge is -2.19. The molecule has 0 bridgehead atoms. The average Bonchev–Trinajstić information content (AvgIpc) is 2.52. The molecular formula is C18H23NO. The Morgan fingerprint density at radius 3 is 2.20 bits per heavy atom. The molecule has 0 aliphatic rings. The van der Waals surface area contributed by atoms with Gasteiger partial charge in [-0.25, -0.2) is 0 Å². The molecule has 0 amide bonds. The second-order valence-electron chi connectivity index (χ2n) is 4.89. The summed E-state index contributed by atoms with van der Waals surface area (Å²) in [6.45, 7) is 3.86. The summed E-state index contributed by atoms with van der Waals surface area (Å²) in [5, 5.41) is 3.55. The van der Waals surface area contributed by atoms with Crippen LogP contribution in [-0.2, 0) is 11.2 Å². The molecule has 0 spiro atoms. The minimum atomic E-state index is 0.262. The summed E-state index contributed by atoms with van der Waals surface area (Å²) in [4.78, 5) is 0. The van der Waals surface area contributed by atoms with Crippen LogP contribution < -0.4 is 5.32 Å². The molecule has 1 unspecified atom stereocenters. The maximum Gasteiger partial charge on any atom is 0.0576 e. The average molecular weight is 269 g/mol. The summed E-state index contributed by atoms with van der Waals surface area (Å²) in [5.74, 6) is 0. The molecule has 1 atom stereocenters. The van der Waals surface area contributed by atoms with E-state index in [0.29, 0.717) is 0 Å². The summed E-state index contributed by atoms with van der Waals surface area (Å²) in [7, 11) is 1.74. The minimum absolute atomic E-state index is 0.262. The van der Waals surface area contributed by atoms with Gasteiger partial charge in [0.2, 0.25) is 0 Å². The van der Waals surface area contributed by atoms with E-state index in [-0.39, 0.29) is 6.04 Å². The molecule has 0 aliphatic heterocycles. The highest BCUT2D eigenvalue weighted by atomic mass is 16.5. The van der Waals surface area contributed by atoms with Crippen molar-refractivity contribution in [3.63, 3.8) is 0 Å². The second kappa shape index (κ2) is 7.83. The van der Waals surface area contributed by atoms with Crippen molar-refractivity contribution < 1.29 is 4.74 Å². The first-order valence-electron chi connectivity index (χ1n) is 7.21. The van der Waals surface area contributed by atoms with Crippen LogP contribution in [0.25, 0.3) is 0 Å². The highest BCUT2D eigenvalue weighted by molar-refractivity contribution is 5.33. The normalized spacial score (nSPS) is 12.3. The maximum absolute atomic E-state index is 5.12. The van der Waals surface area contributed by atoms with Gasteiger partial charge in [-0.2, -0.15) is 0 Å². The van der Waals surface area contributed by atoms with Crippen molar-refractivity contribution in [3.8, 4) is 0 Å². The van der Waals surface area contributed by atoms with Crippen LogP contribution in [-0.4, -0.2) is 20.3 Å². The zero-order chi connectivity index (χ0) is 14.2. The van der Waals surface area contributed by atoms with Crippen LogP contribution >= 0.6 is 0 Å². The first-order chi connectivity index (χ1) is 9.85. The third kappa shape index (κ3) is 3.92. The van der Waals surface area contributed by atoms with Crippen LogP contribution in [0.1, 0.15) is 29.7 Å². The Bertz CT molecular complexity index is 493. The molecular weight excluding hydrogens is 246 g/mol. The largest absolute Gasteiger partial charge is 0.384 e. The summed E-state index contributed by atoms with van der Waals surface area (Å²) in [5.41, 5.74) is 3.93. The Morgan fingerprint density at radius 2 is 1.60 bits per heavy atom. The van der Waals surface area contributed by atoms with Crippen molar-refractivity contribution in [2.24, 2.45) is 0 Å². The van der Waals surface area contributed by atoms with Gasteiger partial charge >= 0.3 is 0 Å². The van der Waals surface area contributed by atoms with Crippen molar-refractivity contribution in [3.05, 3.63) is 71.3 Å². The van der Waals surface area contributed by atoms with Gasteiger partial charge in [0.1, 0.15) is 0 Å². The van der Waals surface area contributed by atoms with Gasteiger partial charge in [0.25, 0.3) is 0 Å². The van der Waals surface area contributed by atoms with E-state index in [2.05, 4.69) is 66.8 Å². The number of hydrogen-bond donors (Lipinski definition) is 1. The topological polar surface area (TPSA) is 21.3 Å². The van der Waals surface area contributed by atoms with Crippen molar-refractivity contribution in [2.75, 3.05) is 20.3 Å². The lowest BCUT2D eigenvalue weighted by Crippen LogP contribution is -2.21. The first-order valence-corrected chi connectivity index (χ1v) is 7.21. The second-order valence-corrected chi connectivity index (χ2v) is 4.89. The zero-order valence-electron chi connectivity index (χ0n) is 12.3. The SMILES string of the molecule is CCNC(c1ccccc1)c1ccc(CCOC)cc1. The predicted octanol–water partition coefficient (Wildman–Crippen LogP) is 3.57. The number of ether oxygens (including phenoxy) is 1. The Balaban J connectivity index is 2.17. The van der Waals surface area contributed by atoms with E-state index in [4.69, 9.17) is 4.74 Å². The van der Waals surface area contributed by atoms with Crippen molar-refractivity contribution >= 4 is 0 Å². The molecule has 2 aromatic carbocycles. The van der Waals surface area contributed by atoms with E-state index in [1.54, 1.807) is 7.11 Å². The van der Waals surface area contributed by atoms with Gasteiger partial charge in [-0.3, -0.25) is 0 Å². The van der Waals surface area contributed by atoms with Crippen LogP contribution in [0.4, 0.5) is 0 Å². The highest BCUT2D eigenvalue weighted by Gasteiger charge is 2.12. The van der Waals surface area contributed by atoms with E-state index in [9.17, 15) is 0 Å². The molecule has 0 heterocycles. The fourth-order valence-corrected chi connectivity index (χ4v) is 2.37. The number of hydrogen-bond acceptors (Lipinski definition) is 2. The Labute approximate surface area is 121 Å². The molecule has 0 radical (unpaired) electrons. The van der Waals surface area contributed by atoms with Crippen molar-refractivity contribution in [1.29, 1.82) is 0 Å². The molecule has 0 aromatic heterocycles. The maximum atomic E-state index is 5.12. The monoisotopic (exact) mass is 269 g/mol. The van der Waals surface area contributed by atoms with Gasteiger partial charge in [-0.1, -0.05) is 61.5 Å². The van der Waals surface area contributed by atoms with Crippen LogP contribution in [0.3, 0.4) is 0 Å². The number of rotatable bonds is 7. The van der Waals surface area contributed by atoms with Gasteiger partial charge in [0, 0.05) is 7.11 Å². The Kier molecular flexibility index (Phi) is 5.78. The van der Waals surface area contributed by atoms with Gasteiger partial charge in [0.15, 0.2) is 0 Å². The number of methoxy groups -OCH3 is 1. The summed E-state index contributed by atoms with van der Waals surface area (Å²) in [6, 6.07) is 19.7. The molecule has 106 valence electrons. The van der Waals surface area contributed by atoms with Crippen molar-refractivity contribution in [2.45, 2.75) is 19.4 Å². The lowest BCUT2D eigenvalue weighted by atomic mass is 9.97. The van der Waals surface area contributed by atoms with E-state index >= 15 is 0 Å². The first kappa shape index (κ1) is 14.8. The number of benzene rings is 2. The zero-order valence-corrected chi connectivity index (χ0v) is 12.3. The molecule has 20 heavy (non-hydrogen) atoms. The van der Waals surface area contributed by atoms with Gasteiger partial charge in [-0.15, -0.1) is 0 Å². The minimum Gasteiger partial charge on any atom is -0.384 e. The molecule has 0 saturated carbocycles. The van der Waals surface area contributed by atoms with Crippen molar-refractivity contribution in [1.82, 2.24) is 5.32 Å². The van der Waals surface area contributed by atoms with Crippen LogP contribution in [0.5, 0.6) is 0 Å². The van der Waals surface area contributed by atoms with Gasteiger partial charge < -0.3 is 10.1 Å². The smallest absolute Gasteiger partial charge is 0.0576 e. The van der Waals surface area contributed by atoms with E-state index in [1.165, 1.54) is 16.7 Å². The molecule has 0 aliphatic carbocycles. The van der Waals surface area contributed by atoms with Crippen LogP contribution in [0, 0.1) is 0 Å². The fourth-order valence-electron chi connectivity index (χ4n) is 2.37. The van der Waals surface area contributed by atoms with Crippen LogP contribution in [0.15, 0.2) is 54.6 Å². The van der Waals surface area contributed by atoms with E-state index in [1.807, 2.05) is 0 Å². The predicted molar refractivity (Wildman–Crippen MR) is 84.0 cm³/mol. The van der Waals surface area contributed by atoms with Crippen LogP contribution in [0.2, 0.25) is 0 Å². The molecule has 2 heteroatoms. The quantitative estimate of drug-likeness (QED) is 0.829. The molecule has 2 aromatic rings. The molecule has 0 saturated heterocycles. The third-order valence-corrected chi connectivity index (χ3v) is 3.45. The standard InChI is InChI=1S/C18H23NO/c1-3-19-18(16-7-5-4-6-8-16)17-11-9-15(10-12-17)13-14-20-2/h4-12,18-19H,3,13-14H2,1-2H3. The van der Waals surface area contributed by atoms with E-state index in [0.717, 1.165) is 19.6 Å². The van der Waals surface area contributed by atoms with E-state index < -0.39 is 0 Å². The Morgan fingerprint density at radius 1 is 0.950 bits per heavy atom. The third-order valence-electron chi connectivity index (χ3n) is 3.45. The van der Waals surface area contributed by atoms with Gasteiger partial charge in [0.05, 0.1) is 12.6 Å². The summed E-state index contributed by atoms with van der Waals surface area (Å²) < 4.78 is 5.12. The van der Waals surface area contributed by atoms with Gasteiger partial charge in [-0.05, 0) is 29.7 Å². The summed E-state index contributed by atoms with van der Waals surface area (Å²) in [6.07, 6.45) is 0.966. The molecule has 2 nitrogen and oxygen atoms in total.